The molecule has 6 heteroatoms. The predicted octanol–water partition coefficient (Wildman–Crippen LogP) is 1.48. The van der Waals surface area contributed by atoms with Gasteiger partial charge in [-0.05, 0) is 38.6 Å². The Bertz CT molecular complexity index is 468. The van der Waals surface area contributed by atoms with Gasteiger partial charge in [0.15, 0.2) is 0 Å². The highest BCUT2D eigenvalue weighted by Gasteiger charge is 2.26. The maximum Gasteiger partial charge on any atom is 0.222 e. The summed E-state index contributed by atoms with van der Waals surface area (Å²) in [5.74, 6) is 0.168. The number of nitrogens with one attached hydrogen (secondary N) is 2. The summed E-state index contributed by atoms with van der Waals surface area (Å²) >= 11 is 0. The fourth-order valence-corrected chi connectivity index (χ4v) is 3.26. The molecular formula is C14H23ClN4O. The number of amides is 1. The van der Waals surface area contributed by atoms with Crippen molar-refractivity contribution in [2.24, 2.45) is 7.05 Å². The minimum absolute atomic E-state index is 0. The number of hydrogen-bond acceptors (Lipinski definition) is 3. The fourth-order valence-electron chi connectivity index (χ4n) is 3.26. The monoisotopic (exact) mass is 298 g/mol. The van der Waals surface area contributed by atoms with Crippen LogP contribution in [-0.4, -0.2) is 28.3 Å². The Kier molecular flexibility index (Phi) is 5.05. The minimum atomic E-state index is 0. The van der Waals surface area contributed by atoms with Crippen LogP contribution in [0.25, 0.3) is 0 Å². The third-order valence-electron chi connectivity index (χ3n) is 4.31. The van der Waals surface area contributed by atoms with E-state index in [4.69, 9.17) is 0 Å². The van der Waals surface area contributed by atoms with Crippen LogP contribution in [-0.2, 0) is 18.3 Å². The molecule has 0 radical (unpaired) electrons. The van der Waals surface area contributed by atoms with E-state index in [0.29, 0.717) is 12.5 Å². The molecule has 1 aromatic heterocycles. The van der Waals surface area contributed by atoms with E-state index in [2.05, 4.69) is 15.7 Å². The lowest BCUT2D eigenvalue weighted by atomic mass is 9.93. The highest BCUT2D eigenvalue weighted by atomic mass is 35.5. The second-order valence-corrected chi connectivity index (χ2v) is 5.68. The molecule has 0 bridgehead atoms. The van der Waals surface area contributed by atoms with E-state index in [-0.39, 0.29) is 24.4 Å². The van der Waals surface area contributed by atoms with E-state index in [1.165, 1.54) is 17.7 Å². The molecule has 2 N–H and O–H groups in total. The van der Waals surface area contributed by atoms with E-state index >= 15 is 0 Å². The van der Waals surface area contributed by atoms with Gasteiger partial charge < -0.3 is 10.6 Å². The van der Waals surface area contributed by atoms with Crippen LogP contribution in [0.1, 0.15) is 49.4 Å². The molecule has 112 valence electrons. The number of aryl methyl sites for hydroxylation is 1. The number of hydrogen-bond donors (Lipinski definition) is 2. The smallest absolute Gasteiger partial charge is 0.222 e. The Morgan fingerprint density at radius 1 is 1.50 bits per heavy atom. The Morgan fingerprint density at radius 3 is 3.10 bits per heavy atom. The maximum absolute atomic E-state index is 12.1. The molecule has 0 aromatic carbocycles. The first-order valence-corrected chi connectivity index (χ1v) is 7.27. The van der Waals surface area contributed by atoms with Crippen molar-refractivity contribution >= 4 is 18.3 Å². The maximum atomic E-state index is 12.1. The van der Waals surface area contributed by atoms with Crippen molar-refractivity contribution in [2.75, 3.05) is 6.54 Å². The standard InChI is InChI=1S/C14H22N4O.ClH/c1-18-13-6-2-5-12(11(13)9-16-18)17-14(19)8-10-4-3-7-15-10;/h9-10,12,15H,2-8H2,1H3,(H,17,19);1H. The largest absolute Gasteiger partial charge is 0.349 e. The Hall–Kier alpha value is -1.07. The molecule has 1 aliphatic carbocycles. The van der Waals surface area contributed by atoms with Gasteiger partial charge in [0.25, 0.3) is 0 Å². The van der Waals surface area contributed by atoms with Gasteiger partial charge in [0.2, 0.25) is 5.91 Å². The van der Waals surface area contributed by atoms with Crippen molar-refractivity contribution in [3.8, 4) is 0 Å². The van der Waals surface area contributed by atoms with Crippen molar-refractivity contribution in [1.82, 2.24) is 20.4 Å². The van der Waals surface area contributed by atoms with Crippen molar-refractivity contribution in [3.05, 3.63) is 17.5 Å². The number of rotatable bonds is 3. The molecule has 20 heavy (non-hydrogen) atoms. The summed E-state index contributed by atoms with van der Waals surface area (Å²) in [5, 5.41) is 10.9. The summed E-state index contributed by atoms with van der Waals surface area (Å²) in [4.78, 5) is 12.1. The molecule has 3 rings (SSSR count). The Labute approximate surface area is 125 Å². The van der Waals surface area contributed by atoms with E-state index in [9.17, 15) is 4.79 Å². The first-order chi connectivity index (χ1) is 9.24. The molecule has 0 spiro atoms. The van der Waals surface area contributed by atoms with Crippen LogP contribution < -0.4 is 10.6 Å². The second-order valence-electron chi connectivity index (χ2n) is 5.68. The van der Waals surface area contributed by atoms with E-state index in [1.54, 1.807) is 0 Å². The molecule has 1 aliphatic heterocycles. The van der Waals surface area contributed by atoms with Gasteiger partial charge >= 0.3 is 0 Å². The number of fused-ring (bicyclic) bond motifs is 1. The lowest BCUT2D eigenvalue weighted by Gasteiger charge is -2.24. The summed E-state index contributed by atoms with van der Waals surface area (Å²) in [6.07, 6.45) is 8.05. The lowest BCUT2D eigenvalue weighted by Crippen LogP contribution is -2.35. The lowest BCUT2D eigenvalue weighted by molar-refractivity contribution is -0.122. The van der Waals surface area contributed by atoms with Gasteiger partial charge in [-0.25, -0.2) is 0 Å². The second kappa shape index (κ2) is 6.59. The average Bonchev–Trinajstić information content (AvgIpc) is 3.01. The summed E-state index contributed by atoms with van der Waals surface area (Å²) in [5.41, 5.74) is 2.48. The molecule has 0 saturated carbocycles. The third-order valence-corrected chi connectivity index (χ3v) is 4.31. The number of carbonyl (C=O) groups excluding carboxylic acids is 1. The zero-order valence-corrected chi connectivity index (χ0v) is 12.7. The zero-order chi connectivity index (χ0) is 13.2. The molecule has 2 unspecified atom stereocenters. The SMILES string of the molecule is Cl.Cn1ncc2c1CCCC2NC(=O)CC1CCCN1. The number of carbonyl (C=O) groups is 1. The van der Waals surface area contributed by atoms with Gasteiger partial charge in [0.1, 0.15) is 0 Å². The minimum Gasteiger partial charge on any atom is -0.349 e. The summed E-state index contributed by atoms with van der Waals surface area (Å²) in [6.45, 7) is 1.05. The van der Waals surface area contributed by atoms with Crippen LogP contribution in [0.3, 0.4) is 0 Å². The van der Waals surface area contributed by atoms with Crippen LogP contribution >= 0.6 is 12.4 Å². The van der Waals surface area contributed by atoms with Gasteiger partial charge in [-0.1, -0.05) is 0 Å². The van der Waals surface area contributed by atoms with Crippen LogP contribution in [0.4, 0.5) is 0 Å². The van der Waals surface area contributed by atoms with Crippen molar-refractivity contribution in [3.63, 3.8) is 0 Å². The molecule has 5 nitrogen and oxygen atoms in total. The Morgan fingerprint density at radius 2 is 2.35 bits per heavy atom. The summed E-state index contributed by atoms with van der Waals surface area (Å²) in [7, 11) is 1.98. The number of halogens is 1. The van der Waals surface area contributed by atoms with Crippen molar-refractivity contribution in [2.45, 2.75) is 50.6 Å². The van der Waals surface area contributed by atoms with Crippen LogP contribution in [0.2, 0.25) is 0 Å². The highest BCUT2D eigenvalue weighted by molar-refractivity contribution is 5.85. The third kappa shape index (κ3) is 3.15. The molecule has 1 aromatic rings. The van der Waals surface area contributed by atoms with Crippen LogP contribution in [0, 0.1) is 0 Å². The topological polar surface area (TPSA) is 59.0 Å². The van der Waals surface area contributed by atoms with Crippen molar-refractivity contribution < 1.29 is 4.79 Å². The quantitative estimate of drug-likeness (QED) is 0.888. The first-order valence-electron chi connectivity index (χ1n) is 7.27. The summed E-state index contributed by atoms with van der Waals surface area (Å²) in [6, 6.07) is 0.531. The van der Waals surface area contributed by atoms with E-state index in [1.807, 2.05) is 17.9 Å². The van der Waals surface area contributed by atoms with Gasteiger partial charge in [-0.2, -0.15) is 5.10 Å². The predicted molar refractivity (Wildman–Crippen MR) is 79.9 cm³/mol. The molecule has 1 saturated heterocycles. The zero-order valence-electron chi connectivity index (χ0n) is 11.9. The first kappa shape index (κ1) is 15.3. The molecule has 2 atom stereocenters. The summed E-state index contributed by atoms with van der Waals surface area (Å²) < 4.78 is 1.94. The van der Waals surface area contributed by atoms with Crippen LogP contribution in [0.15, 0.2) is 6.20 Å². The molecule has 2 aliphatic rings. The highest BCUT2D eigenvalue weighted by Crippen LogP contribution is 2.29. The van der Waals surface area contributed by atoms with E-state index < -0.39 is 0 Å². The number of aromatic nitrogens is 2. The Balaban J connectivity index is 0.00000147. The van der Waals surface area contributed by atoms with Gasteiger partial charge in [-0.3, -0.25) is 9.48 Å². The van der Waals surface area contributed by atoms with Crippen molar-refractivity contribution in [1.29, 1.82) is 0 Å². The average molecular weight is 299 g/mol. The van der Waals surface area contributed by atoms with Gasteiger partial charge in [-0.15, -0.1) is 12.4 Å². The normalized spacial score (nSPS) is 24.9. The van der Waals surface area contributed by atoms with Crippen LogP contribution in [0.5, 0.6) is 0 Å². The number of nitrogens with zero attached hydrogens (tertiary/aromatic N) is 2. The fraction of sp³-hybridized carbons (Fsp3) is 0.714. The van der Waals surface area contributed by atoms with E-state index in [0.717, 1.165) is 32.2 Å². The molecule has 1 amide bonds. The molecule has 2 heterocycles. The molecule has 1 fully saturated rings. The molecular weight excluding hydrogens is 276 g/mol. The van der Waals surface area contributed by atoms with Gasteiger partial charge in [0.05, 0.1) is 12.2 Å². The van der Waals surface area contributed by atoms with Gasteiger partial charge in [0, 0.05) is 30.8 Å².